The van der Waals surface area contributed by atoms with E-state index in [4.69, 9.17) is 26.6 Å². The molecule has 0 bridgehead atoms. The molecule has 2 heterocycles. The van der Waals surface area contributed by atoms with Crippen LogP contribution in [0, 0.1) is 0 Å². The van der Waals surface area contributed by atoms with E-state index in [0.29, 0.717) is 28.8 Å². The Labute approximate surface area is 126 Å². The van der Waals surface area contributed by atoms with Crippen molar-refractivity contribution in [2.24, 2.45) is 5.73 Å². The molecule has 1 fully saturated rings. The molecule has 20 heavy (non-hydrogen) atoms. The average Bonchev–Trinajstić information content (AvgIpc) is 2.94. The van der Waals surface area contributed by atoms with Crippen LogP contribution < -0.4 is 5.73 Å². The molecule has 1 aliphatic carbocycles. The molecule has 0 aliphatic heterocycles. The molecule has 1 atom stereocenters. The summed E-state index contributed by atoms with van der Waals surface area (Å²) in [5, 5.41) is 3.97. The van der Waals surface area contributed by atoms with Gasteiger partial charge in [0.15, 0.2) is 5.82 Å². The summed E-state index contributed by atoms with van der Waals surface area (Å²) in [5.74, 6) is 0.897. The highest BCUT2D eigenvalue weighted by Gasteiger charge is 2.30. The van der Waals surface area contributed by atoms with Crippen molar-refractivity contribution in [1.29, 1.82) is 0 Å². The summed E-state index contributed by atoms with van der Waals surface area (Å²) in [4.78, 5) is 5.19. The largest absolute Gasteiger partial charge is 0.376 e. The molecule has 0 saturated heterocycles. The van der Waals surface area contributed by atoms with Crippen LogP contribution in [0.15, 0.2) is 16.7 Å². The molecule has 108 valence electrons. The second kappa shape index (κ2) is 5.44. The van der Waals surface area contributed by atoms with Gasteiger partial charge in [0, 0.05) is 0 Å². The molecule has 5 nitrogen and oxygen atoms in total. The topological polar surface area (TPSA) is 74.2 Å². The van der Waals surface area contributed by atoms with Gasteiger partial charge in [-0.1, -0.05) is 16.8 Å². The predicted octanol–water partition coefficient (Wildman–Crippen LogP) is 3.19. The molecular weight excluding hydrogens is 298 g/mol. The minimum absolute atomic E-state index is 0.334. The monoisotopic (exact) mass is 313 g/mol. The maximum atomic E-state index is 6.23. The van der Waals surface area contributed by atoms with Gasteiger partial charge in [-0.3, -0.25) is 0 Å². The van der Waals surface area contributed by atoms with Gasteiger partial charge in [-0.2, -0.15) is 4.98 Å². The fraction of sp³-hybridized carbons (Fsp3) is 0.538. The maximum absolute atomic E-state index is 6.23. The first-order valence-electron chi connectivity index (χ1n) is 6.55. The van der Waals surface area contributed by atoms with Crippen molar-refractivity contribution in [2.75, 3.05) is 6.61 Å². The Bertz CT molecular complexity index is 592. The predicted molar refractivity (Wildman–Crippen MR) is 77.8 cm³/mol. The van der Waals surface area contributed by atoms with E-state index in [0.717, 1.165) is 17.7 Å². The highest BCUT2D eigenvalue weighted by molar-refractivity contribution is 7.19. The molecule has 7 heteroatoms. The Morgan fingerprint density at radius 3 is 2.95 bits per heavy atom. The summed E-state index contributed by atoms with van der Waals surface area (Å²) in [6.07, 6.45) is 3.79. The van der Waals surface area contributed by atoms with Crippen LogP contribution >= 0.6 is 22.9 Å². The zero-order valence-corrected chi connectivity index (χ0v) is 12.7. The lowest BCUT2D eigenvalue weighted by Gasteiger charge is -2.29. The number of hydrogen-bond acceptors (Lipinski definition) is 6. The van der Waals surface area contributed by atoms with E-state index in [1.54, 1.807) is 6.07 Å². The number of aromatic nitrogens is 2. The summed E-state index contributed by atoms with van der Waals surface area (Å²) in [7, 11) is 0. The Kier molecular flexibility index (Phi) is 3.81. The van der Waals surface area contributed by atoms with E-state index < -0.39 is 5.54 Å². The Morgan fingerprint density at radius 1 is 1.55 bits per heavy atom. The Morgan fingerprint density at radius 2 is 2.35 bits per heavy atom. The Hall–Kier alpha value is -0.950. The third-order valence-corrected chi connectivity index (χ3v) is 4.61. The second-order valence-corrected chi connectivity index (χ2v) is 7.02. The minimum atomic E-state index is -0.752. The van der Waals surface area contributed by atoms with E-state index in [2.05, 4.69) is 10.1 Å². The normalized spacial score (nSPS) is 18.8. The molecule has 2 aromatic rings. The highest BCUT2D eigenvalue weighted by atomic mass is 35.5. The summed E-state index contributed by atoms with van der Waals surface area (Å²) in [6, 6.07) is 3.65. The molecule has 0 aromatic carbocycles. The summed E-state index contributed by atoms with van der Waals surface area (Å²) in [5.41, 5.74) is 5.48. The van der Waals surface area contributed by atoms with E-state index >= 15 is 0 Å². The maximum Gasteiger partial charge on any atom is 0.268 e. The molecule has 1 unspecified atom stereocenters. The number of nitrogens with zero attached hydrogens (tertiary/aromatic N) is 2. The zero-order chi connectivity index (χ0) is 14.2. The first kappa shape index (κ1) is 14.0. The molecule has 2 aromatic heterocycles. The lowest BCUT2D eigenvalue weighted by Crippen LogP contribution is -2.41. The van der Waals surface area contributed by atoms with Crippen molar-refractivity contribution in [1.82, 2.24) is 10.1 Å². The minimum Gasteiger partial charge on any atom is -0.376 e. The zero-order valence-electron chi connectivity index (χ0n) is 11.1. The van der Waals surface area contributed by atoms with Crippen LogP contribution in [0.25, 0.3) is 10.8 Å². The van der Waals surface area contributed by atoms with Crippen molar-refractivity contribution < 1.29 is 9.26 Å². The van der Waals surface area contributed by atoms with Crippen molar-refractivity contribution >= 4 is 22.9 Å². The molecule has 2 N–H and O–H groups in total. The molecule has 0 amide bonds. The third-order valence-electron chi connectivity index (χ3n) is 3.39. The summed E-state index contributed by atoms with van der Waals surface area (Å²) < 4.78 is 11.7. The molecule has 0 spiro atoms. The van der Waals surface area contributed by atoms with Crippen LogP contribution in [0.3, 0.4) is 0 Å². The third kappa shape index (κ3) is 2.88. The van der Waals surface area contributed by atoms with Gasteiger partial charge in [0.1, 0.15) is 5.54 Å². The van der Waals surface area contributed by atoms with Crippen LogP contribution in [0.5, 0.6) is 0 Å². The van der Waals surface area contributed by atoms with Gasteiger partial charge >= 0.3 is 0 Å². The molecular formula is C13H16ClN3O2S. The number of nitrogens with two attached hydrogens (primary N) is 1. The highest BCUT2D eigenvalue weighted by Crippen LogP contribution is 2.31. The van der Waals surface area contributed by atoms with Crippen LogP contribution in [-0.4, -0.2) is 22.9 Å². The number of hydrogen-bond donors (Lipinski definition) is 1. The van der Waals surface area contributed by atoms with Crippen LogP contribution in [-0.2, 0) is 10.3 Å². The van der Waals surface area contributed by atoms with Crippen molar-refractivity contribution in [3.05, 3.63) is 22.3 Å². The fourth-order valence-corrected chi connectivity index (χ4v) is 2.84. The number of ether oxygens (including phenoxy) is 1. The first-order chi connectivity index (χ1) is 9.54. The van der Waals surface area contributed by atoms with Crippen LogP contribution in [0.1, 0.15) is 32.0 Å². The van der Waals surface area contributed by atoms with Crippen LogP contribution in [0.4, 0.5) is 0 Å². The molecule has 1 saturated carbocycles. The fourth-order valence-electron chi connectivity index (χ4n) is 1.88. The quantitative estimate of drug-likeness (QED) is 0.917. The van der Waals surface area contributed by atoms with Gasteiger partial charge in [-0.25, -0.2) is 0 Å². The van der Waals surface area contributed by atoms with Gasteiger partial charge in [-0.05, 0) is 38.3 Å². The van der Waals surface area contributed by atoms with Gasteiger partial charge in [0.05, 0.1) is 21.9 Å². The van der Waals surface area contributed by atoms with Crippen LogP contribution in [0.2, 0.25) is 4.34 Å². The lowest BCUT2D eigenvalue weighted by molar-refractivity contribution is -0.0222. The summed E-state index contributed by atoms with van der Waals surface area (Å²) in [6.45, 7) is 2.24. The molecule has 0 radical (unpaired) electrons. The standard InChI is InChI=1S/C13H16ClN3O2S/c1-13(15,7-18-8-3-2-4-8)12-16-11(19-17-12)9-5-6-10(14)20-9/h5-6,8H,2-4,7,15H2,1H3. The van der Waals surface area contributed by atoms with Gasteiger partial charge in [0.25, 0.3) is 5.89 Å². The van der Waals surface area contributed by atoms with E-state index in [1.165, 1.54) is 17.8 Å². The number of thiophene rings is 1. The smallest absolute Gasteiger partial charge is 0.268 e. The molecule has 3 rings (SSSR count). The van der Waals surface area contributed by atoms with E-state index in [-0.39, 0.29) is 0 Å². The van der Waals surface area contributed by atoms with Gasteiger partial charge in [0.2, 0.25) is 0 Å². The van der Waals surface area contributed by atoms with Crippen molar-refractivity contribution in [2.45, 2.75) is 37.8 Å². The lowest BCUT2D eigenvalue weighted by atomic mass is 9.95. The van der Waals surface area contributed by atoms with Crippen molar-refractivity contribution in [3.63, 3.8) is 0 Å². The second-order valence-electron chi connectivity index (χ2n) is 5.31. The van der Waals surface area contributed by atoms with Gasteiger partial charge < -0.3 is 15.0 Å². The molecule has 1 aliphatic rings. The number of halogens is 1. The van der Waals surface area contributed by atoms with Gasteiger partial charge in [-0.15, -0.1) is 11.3 Å². The van der Waals surface area contributed by atoms with E-state index in [9.17, 15) is 0 Å². The number of rotatable bonds is 5. The summed E-state index contributed by atoms with van der Waals surface area (Å²) >= 11 is 7.29. The Balaban J connectivity index is 1.71. The van der Waals surface area contributed by atoms with Crippen molar-refractivity contribution in [3.8, 4) is 10.8 Å². The SMILES string of the molecule is CC(N)(COC1CCC1)c1noc(-c2ccc(Cl)s2)n1. The first-order valence-corrected chi connectivity index (χ1v) is 7.74. The average molecular weight is 314 g/mol. The van der Waals surface area contributed by atoms with E-state index in [1.807, 2.05) is 13.0 Å².